The Labute approximate surface area is 144 Å². The lowest BCUT2D eigenvalue weighted by Crippen LogP contribution is -2.31. The molecule has 7 heteroatoms. The number of halogens is 1. The summed E-state index contributed by atoms with van der Waals surface area (Å²) in [5.74, 6) is 0.490. The average molecular weight is 340 g/mol. The van der Waals surface area contributed by atoms with Gasteiger partial charge in [0.25, 0.3) is 5.91 Å². The van der Waals surface area contributed by atoms with Gasteiger partial charge in [-0.2, -0.15) is 5.10 Å². The van der Waals surface area contributed by atoms with Crippen molar-refractivity contribution < 1.29 is 13.9 Å². The van der Waals surface area contributed by atoms with Crippen LogP contribution in [0.5, 0.6) is 5.75 Å². The minimum Gasteiger partial charge on any atom is -0.483 e. The number of H-pyrrole nitrogens is 1. The van der Waals surface area contributed by atoms with Crippen LogP contribution >= 0.6 is 0 Å². The third-order valence-corrected chi connectivity index (χ3v) is 3.70. The van der Waals surface area contributed by atoms with E-state index in [9.17, 15) is 9.18 Å². The number of para-hydroxylation sites is 1. The van der Waals surface area contributed by atoms with Crippen molar-refractivity contribution in [2.45, 2.75) is 6.54 Å². The van der Waals surface area contributed by atoms with Crippen LogP contribution in [0.25, 0.3) is 11.4 Å². The molecule has 0 spiro atoms. The van der Waals surface area contributed by atoms with E-state index < -0.39 is 0 Å². The van der Waals surface area contributed by atoms with Crippen molar-refractivity contribution in [2.75, 3.05) is 13.7 Å². The molecule has 0 saturated carbocycles. The molecule has 1 amide bonds. The summed E-state index contributed by atoms with van der Waals surface area (Å²) >= 11 is 0. The van der Waals surface area contributed by atoms with Crippen molar-refractivity contribution in [1.29, 1.82) is 0 Å². The molecule has 6 nitrogen and oxygen atoms in total. The lowest BCUT2D eigenvalue weighted by molar-refractivity contribution is -0.132. The number of hydrogen-bond donors (Lipinski definition) is 1. The number of ether oxygens (including phenoxy) is 1. The van der Waals surface area contributed by atoms with E-state index in [2.05, 4.69) is 15.2 Å². The topological polar surface area (TPSA) is 71.1 Å². The zero-order valence-corrected chi connectivity index (χ0v) is 13.6. The van der Waals surface area contributed by atoms with E-state index in [4.69, 9.17) is 4.74 Å². The van der Waals surface area contributed by atoms with Crippen molar-refractivity contribution in [3.8, 4) is 17.1 Å². The van der Waals surface area contributed by atoms with Gasteiger partial charge >= 0.3 is 0 Å². The Kier molecular flexibility index (Phi) is 5.03. The highest BCUT2D eigenvalue weighted by Gasteiger charge is 2.14. The Bertz CT molecular complexity index is 852. The Morgan fingerprint density at radius 1 is 1.20 bits per heavy atom. The number of aromatic nitrogens is 3. The van der Waals surface area contributed by atoms with Gasteiger partial charge in [0.15, 0.2) is 12.4 Å². The third-order valence-electron chi connectivity index (χ3n) is 3.70. The Balaban J connectivity index is 1.64. The smallest absolute Gasteiger partial charge is 0.260 e. The molecule has 0 saturated heterocycles. The normalized spacial score (nSPS) is 10.5. The summed E-state index contributed by atoms with van der Waals surface area (Å²) in [6.45, 7) is 0.0225. The number of carbonyl (C=O) groups is 1. The van der Waals surface area contributed by atoms with Crippen LogP contribution in [-0.2, 0) is 11.3 Å². The van der Waals surface area contributed by atoms with Crippen molar-refractivity contribution in [2.24, 2.45) is 0 Å². The molecular formula is C18H17FN4O2. The second kappa shape index (κ2) is 7.57. The lowest BCUT2D eigenvalue weighted by Gasteiger charge is -2.18. The highest BCUT2D eigenvalue weighted by Crippen LogP contribution is 2.26. The summed E-state index contributed by atoms with van der Waals surface area (Å²) in [5.41, 5.74) is 1.17. The molecule has 1 aromatic heterocycles. The van der Waals surface area contributed by atoms with Gasteiger partial charge in [-0.05, 0) is 18.2 Å². The van der Waals surface area contributed by atoms with Crippen LogP contribution in [0, 0.1) is 5.82 Å². The summed E-state index contributed by atoms with van der Waals surface area (Å²) in [6, 6.07) is 13.6. The van der Waals surface area contributed by atoms with Crippen molar-refractivity contribution in [3.05, 3.63) is 66.2 Å². The fourth-order valence-corrected chi connectivity index (χ4v) is 2.34. The van der Waals surface area contributed by atoms with E-state index >= 15 is 0 Å². The predicted molar refractivity (Wildman–Crippen MR) is 90.2 cm³/mol. The highest BCUT2D eigenvalue weighted by molar-refractivity contribution is 5.78. The summed E-state index contributed by atoms with van der Waals surface area (Å²) in [5, 5.41) is 6.58. The molecule has 0 fully saturated rings. The predicted octanol–water partition coefficient (Wildman–Crippen LogP) is 2.65. The Morgan fingerprint density at radius 3 is 2.72 bits per heavy atom. The van der Waals surface area contributed by atoms with Crippen LogP contribution in [0.3, 0.4) is 0 Å². The summed E-state index contributed by atoms with van der Waals surface area (Å²) in [4.78, 5) is 17.8. The van der Waals surface area contributed by atoms with Gasteiger partial charge in [0, 0.05) is 19.2 Å². The molecule has 0 bridgehead atoms. The number of rotatable bonds is 6. The lowest BCUT2D eigenvalue weighted by atomic mass is 10.2. The number of nitrogens with zero attached hydrogens (tertiary/aromatic N) is 3. The molecule has 25 heavy (non-hydrogen) atoms. The van der Waals surface area contributed by atoms with Gasteiger partial charge < -0.3 is 9.64 Å². The van der Waals surface area contributed by atoms with Gasteiger partial charge in [0.05, 0.1) is 5.56 Å². The zero-order chi connectivity index (χ0) is 17.6. The van der Waals surface area contributed by atoms with Crippen LogP contribution in [0.15, 0.2) is 54.9 Å². The molecule has 0 unspecified atom stereocenters. The van der Waals surface area contributed by atoms with Gasteiger partial charge in [-0.3, -0.25) is 9.89 Å². The molecule has 0 aliphatic heterocycles. The van der Waals surface area contributed by atoms with Gasteiger partial charge in [-0.15, -0.1) is 0 Å². The summed E-state index contributed by atoms with van der Waals surface area (Å²) < 4.78 is 19.3. The third kappa shape index (κ3) is 4.00. The molecule has 0 aliphatic carbocycles. The van der Waals surface area contributed by atoms with Gasteiger partial charge in [-0.1, -0.05) is 30.3 Å². The fourth-order valence-electron chi connectivity index (χ4n) is 2.34. The quantitative estimate of drug-likeness (QED) is 0.749. The maximum Gasteiger partial charge on any atom is 0.260 e. The van der Waals surface area contributed by atoms with Crippen molar-refractivity contribution >= 4 is 5.91 Å². The average Bonchev–Trinajstić information content (AvgIpc) is 3.16. The number of benzene rings is 2. The van der Waals surface area contributed by atoms with E-state index in [1.807, 2.05) is 18.2 Å². The van der Waals surface area contributed by atoms with Gasteiger partial charge in [0.2, 0.25) is 0 Å². The fraction of sp³-hybridized carbons (Fsp3) is 0.167. The first kappa shape index (κ1) is 16.6. The number of hydrogen-bond acceptors (Lipinski definition) is 4. The van der Waals surface area contributed by atoms with E-state index in [1.165, 1.54) is 17.3 Å². The number of carbonyl (C=O) groups excluding carboxylic acids is 1. The van der Waals surface area contributed by atoms with E-state index in [0.717, 1.165) is 0 Å². The maximum atomic E-state index is 13.7. The Morgan fingerprint density at radius 2 is 1.96 bits per heavy atom. The monoisotopic (exact) mass is 340 g/mol. The van der Waals surface area contributed by atoms with Crippen LogP contribution in [0.2, 0.25) is 0 Å². The van der Waals surface area contributed by atoms with Crippen LogP contribution in [0.1, 0.15) is 5.56 Å². The van der Waals surface area contributed by atoms with Crippen LogP contribution in [0.4, 0.5) is 4.39 Å². The first-order chi connectivity index (χ1) is 12.1. The molecule has 0 aliphatic rings. The molecule has 128 valence electrons. The zero-order valence-electron chi connectivity index (χ0n) is 13.6. The maximum absolute atomic E-state index is 13.7. The minimum absolute atomic E-state index is 0.157. The number of likely N-dealkylation sites (N-methyl/N-ethyl adjacent to an activating group) is 1. The van der Waals surface area contributed by atoms with E-state index in [-0.39, 0.29) is 24.9 Å². The molecule has 3 aromatic rings. The standard InChI is InChI=1S/C18H17FN4O2/c1-23(10-13-6-2-4-8-15(13)19)17(24)11-25-16-9-5-3-7-14(16)18-20-12-21-22-18/h2-9,12H,10-11H2,1H3,(H,20,21,22). The van der Waals surface area contributed by atoms with Crippen LogP contribution < -0.4 is 4.74 Å². The van der Waals surface area contributed by atoms with E-state index in [0.29, 0.717) is 22.7 Å². The molecule has 0 atom stereocenters. The number of aromatic amines is 1. The van der Waals surface area contributed by atoms with Crippen LogP contribution in [-0.4, -0.2) is 39.6 Å². The molecular weight excluding hydrogens is 323 g/mol. The SMILES string of the molecule is CN(Cc1ccccc1F)C(=O)COc1ccccc1-c1ncn[nH]1. The van der Waals surface area contributed by atoms with Gasteiger partial charge in [-0.25, -0.2) is 9.37 Å². The molecule has 3 rings (SSSR count). The second-order valence-electron chi connectivity index (χ2n) is 5.46. The highest BCUT2D eigenvalue weighted by atomic mass is 19.1. The van der Waals surface area contributed by atoms with Crippen molar-refractivity contribution in [3.63, 3.8) is 0 Å². The first-order valence-corrected chi connectivity index (χ1v) is 7.70. The number of amides is 1. The van der Waals surface area contributed by atoms with E-state index in [1.54, 1.807) is 31.3 Å². The number of nitrogens with one attached hydrogen (secondary N) is 1. The summed E-state index contributed by atoms with van der Waals surface area (Å²) in [6.07, 6.45) is 1.40. The molecule has 0 radical (unpaired) electrons. The molecule has 2 aromatic carbocycles. The minimum atomic E-state index is -0.335. The van der Waals surface area contributed by atoms with Gasteiger partial charge in [0.1, 0.15) is 17.9 Å². The molecule has 1 N–H and O–H groups in total. The Hall–Kier alpha value is -3.22. The van der Waals surface area contributed by atoms with Crippen molar-refractivity contribution in [1.82, 2.24) is 20.1 Å². The first-order valence-electron chi connectivity index (χ1n) is 7.70. The summed E-state index contributed by atoms with van der Waals surface area (Å²) in [7, 11) is 1.61. The molecule has 1 heterocycles. The second-order valence-corrected chi connectivity index (χ2v) is 5.46. The largest absolute Gasteiger partial charge is 0.483 e.